The van der Waals surface area contributed by atoms with Gasteiger partial charge in [-0.25, -0.2) is 4.79 Å². The number of hydrogen-bond acceptors (Lipinski definition) is 5. The van der Waals surface area contributed by atoms with Gasteiger partial charge in [0.1, 0.15) is 6.61 Å². The van der Waals surface area contributed by atoms with Gasteiger partial charge in [0.25, 0.3) is 0 Å². The first-order chi connectivity index (χ1) is 20.1. The Hall–Kier alpha value is -3.23. The van der Waals surface area contributed by atoms with Crippen LogP contribution >= 0.6 is 11.6 Å². The second-order valence-corrected chi connectivity index (χ2v) is 11.5. The Morgan fingerprint density at radius 2 is 1.38 bits per heavy atom. The van der Waals surface area contributed by atoms with E-state index in [0.29, 0.717) is 12.5 Å². The lowest BCUT2D eigenvalue weighted by Crippen LogP contribution is -2.48. The van der Waals surface area contributed by atoms with Gasteiger partial charge in [0.05, 0.1) is 18.6 Å². The van der Waals surface area contributed by atoms with E-state index < -0.39 is 17.9 Å². The molecule has 42 heavy (non-hydrogen) atoms. The van der Waals surface area contributed by atoms with Gasteiger partial charge in [0.2, 0.25) is 0 Å². The third kappa shape index (κ3) is 10.9. The average Bonchev–Trinajstić information content (AvgIpc) is 2.98. The lowest BCUT2D eigenvalue weighted by Gasteiger charge is -2.39. The summed E-state index contributed by atoms with van der Waals surface area (Å²) in [6.07, 6.45) is 1.04. The molecule has 2 atom stereocenters. The summed E-state index contributed by atoms with van der Waals surface area (Å²) in [4.78, 5) is 26.1. The van der Waals surface area contributed by atoms with Gasteiger partial charge in [-0.05, 0) is 53.6 Å². The second kappa shape index (κ2) is 17.0. The molecule has 3 aromatic carbocycles. The van der Waals surface area contributed by atoms with Crippen LogP contribution in [0.3, 0.4) is 0 Å². The topological polar surface area (TPSA) is 90.3 Å². The number of benzene rings is 3. The van der Waals surface area contributed by atoms with Crippen LogP contribution < -0.4 is 0 Å². The molecule has 0 spiro atoms. The molecule has 0 saturated carbocycles. The monoisotopic (exact) mass is 594 g/mol. The highest BCUT2D eigenvalue weighted by molar-refractivity contribution is 6.30. The van der Waals surface area contributed by atoms with Crippen molar-refractivity contribution >= 4 is 23.5 Å². The van der Waals surface area contributed by atoms with E-state index in [1.54, 1.807) is 6.92 Å². The molecule has 0 bridgehead atoms. The summed E-state index contributed by atoms with van der Waals surface area (Å²) in [5.74, 6) is -1.48. The SMILES string of the molecule is CC(C)Cc1ccc([C@H](C)C(=O)O)cc1.O=C(O)COCCN1CCN([C@H](c2ccccc2)c2ccc(Cl)cc2)CC1. The lowest BCUT2D eigenvalue weighted by molar-refractivity contribution is -0.142. The molecule has 0 radical (unpaired) electrons. The number of carboxylic acid groups (broad SMARTS) is 2. The van der Waals surface area contributed by atoms with Crippen LogP contribution in [-0.4, -0.2) is 77.9 Å². The summed E-state index contributed by atoms with van der Waals surface area (Å²) in [6, 6.07) is 26.7. The number of carbonyl (C=O) groups is 2. The molecule has 1 aliphatic heterocycles. The zero-order chi connectivity index (χ0) is 30.5. The molecule has 226 valence electrons. The number of aliphatic carboxylic acids is 2. The van der Waals surface area contributed by atoms with Gasteiger partial charge < -0.3 is 14.9 Å². The van der Waals surface area contributed by atoms with Crippen LogP contribution in [0.4, 0.5) is 0 Å². The van der Waals surface area contributed by atoms with Gasteiger partial charge in [-0.3, -0.25) is 14.6 Å². The fraction of sp³-hybridized carbons (Fsp3) is 0.412. The third-order valence-electron chi connectivity index (χ3n) is 7.34. The molecule has 0 unspecified atom stereocenters. The Morgan fingerprint density at radius 1 is 0.810 bits per heavy atom. The lowest BCUT2D eigenvalue weighted by atomic mass is 9.96. The molecule has 4 rings (SSSR count). The molecule has 1 aliphatic rings. The van der Waals surface area contributed by atoms with Crippen LogP contribution in [0.1, 0.15) is 55.0 Å². The van der Waals surface area contributed by atoms with E-state index in [-0.39, 0.29) is 12.6 Å². The zero-order valence-corrected chi connectivity index (χ0v) is 25.5. The van der Waals surface area contributed by atoms with E-state index >= 15 is 0 Å². The van der Waals surface area contributed by atoms with Crippen LogP contribution in [0.2, 0.25) is 5.02 Å². The molecule has 1 saturated heterocycles. The van der Waals surface area contributed by atoms with Crippen LogP contribution in [0.15, 0.2) is 78.9 Å². The van der Waals surface area contributed by atoms with Gasteiger partial charge in [0, 0.05) is 37.7 Å². The molecule has 0 amide bonds. The number of nitrogens with zero attached hydrogens (tertiary/aromatic N) is 2. The summed E-state index contributed by atoms with van der Waals surface area (Å²) < 4.78 is 5.15. The van der Waals surface area contributed by atoms with Gasteiger partial charge in [-0.1, -0.05) is 92.2 Å². The molecule has 0 aromatic heterocycles. The van der Waals surface area contributed by atoms with Crippen molar-refractivity contribution in [2.75, 3.05) is 45.9 Å². The molecule has 1 heterocycles. The fourth-order valence-corrected chi connectivity index (χ4v) is 5.18. The van der Waals surface area contributed by atoms with E-state index in [1.807, 2.05) is 42.5 Å². The Kier molecular flexibility index (Phi) is 13.5. The van der Waals surface area contributed by atoms with Gasteiger partial charge >= 0.3 is 11.9 Å². The Labute approximate surface area is 254 Å². The minimum absolute atomic E-state index is 0.203. The van der Waals surface area contributed by atoms with Crippen molar-refractivity contribution in [3.63, 3.8) is 0 Å². The van der Waals surface area contributed by atoms with Gasteiger partial charge in [-0.2, -0.15) is 0 Å². The fourth-order valence-electron chi connectivity index (χ4n) is 5.05. The smallest absolute Gasteiger partial charge is 0.329 e. The van der Waals surface area contributed by atoms with Crippen molar-refractivity contribution in [3.8, 4) is 0 Å². The normalized spacial score (nSPS) is 15.5. The average molecular weight is 595 g/mol. The quantitative estimate of drug-likeness (QED) is 0.241. The third-order valence-corrected chi connectivity index (χ3v) is 7.60. The maximum absolute atomic E-state index is 10.8. The number of carboxylic acids is 2. The number of hydrogen-bond donors (Lipinski definition) is 2. The first-order valence-corrected chi connectivity index (χ1v) is 14.9. The van der Waals surface area contributed by atoms with Crippen molar-refractivity contribution in [3.05, 3.63) is 106 Å². The molecule has 2 N–H and O–H groups in total. The summed E-state index contributed by atoms with van der Waals surface area (Å²) in [5, 5.41) is 18.2. The maximum atomic E-state index is 10.8. The van der Waals surface area contributed by atoms with E-state index in [9.17, 15) is 9.59 Å². The highest BCUT2D eigenvalue weighted by Gasteiger charge is 2.26. The molecular formula is C34H43ClN2O5. The zero-order valence-electron chi connectivity index (χ0n) is 24.8. The van der Waals surface area contributed by atoms with E-state index in [1.165, 1.54) is 16.7 Å². The second-order valence-electron chi connectivity index (χ2n) is 11.1. The summed E-state index contributed by atoms with van der Waals surface area (Å²) in [7, 11) is 0. The highest BCUT2D eigenvalue weighted by atomic mass is 35.5. The summed E-state index contributed by atoms with van der Waals surface area (Å²) >= 11 is 6.08. The van der Waals surface area contributed by atoms with Crippen molar-refractivity contribution in [1.82, 2.24) is 9.80 Å². The van der Waals surface area contributed by atoms with Gasteiger partial charge in [0.15, 0.2) is 0 Å². The number of rotatable bonds is 12. The summed E-state index contributed by atoms with van der Waals surface area (Å²) in [5.41, 5.74) is 4.66. The van der Waals surface area contributed by atoms with Crippen LogP contribution in [0, 0.1) is 5.92 Å². The molecule has 0 aliphatic carbocycles. The Balaban J connectivity index is 0.000000274. The number of ether oxygens (including phenoxy) is 1. The standard InChI is InChI=1S/C21H25ClN2O3.C13H18O2/c22-19-8-6-18(7-9-19)21(17-4-2-1-3-5-17)24-12-10-23(11-13-24)14-15-27-16-20(25)26;1-9(2)8-11-4-6-12(7-5-11)10(3)13(14)15/h1-9,21H,10-16H2,(H,25,26);4-7,9-10H,8H2,1-3H3,(H,14,15)/t21-;10-/m10/s1. The summed E-state index contributed by atoms with van der Waals surface area (Å²) in [6.45, 7) is 10.8. The number of halogens is 1. The Morgan fingerprint density at radius 3 is 1.93 bits per heavy atom. The Bertz CT molecular complexity index is 1230. The molecular weight excluding hydrogens is 552 g/mol. The van der Waals surface area contributed by atoms with E-state index in [0.717, 1.165) is 49.7 Å². The predicted octanol–water partition coefficient (Wildman–Crippen LogP) is 6.22. The molecule has 3 aromatic rings. The van der Waals surface area contributed by atoms with E-state index in [4.69, 9.17) is 26.6 Å². The molecule has 8 heteroatoms. The highest BCUT2D eigenvalue weighted by Crippen LogP contribution is 2.30. The van der Waals surface area contributed by atoms with Crippen molar-refractivity contribution in [2.24, 2.45) is 5.92 Å². The van der Waals surface area contributed by atoms with Crippen molar-refractivity contribution in [1.29, 1.82) is 0 Å². The van der Waals surface area contributed by atoms with Gasteiger partial charge in [-0.15, -0.1) is 0 Å². The molecule has 1 fully saturated rings. The van der Waals surface area contributed by atoms with Crippen LogP contribution in [0.5, 0.6) is 0 Å². The minimum Gasteiger partial charge on any atom is -0.481 e. The maximum Gasteiger partial charge on any atom is 0.329 e. The van der Waals surface area contributed by atoms with Crippen molar-refractivity contribution in [2.45, 2.75) is 39.2 Å². The van der Waals surface area contributed by atoms with Crippen LogP contribution in [0.25, 0.3) is 0 Å². The minimum atomic E-state index is -0.923. The molecule has 7 nitrogen and oxygen atoms in total. The van der Waals surface area contributed by atoms with Crippen molar-refractivity contribution < 1.29 is 24.5 Å². The largest absolute Gasteiger partial charge is 0.481 e. The van der Waals surface area contributed by atoms with E-state index in [2.05, 4.69) is 60.0 Å². The first-order valence-electron chi connectivity index (χ1n) is 14.5. The van der Waals surface area contributed by atoms with Crippen LogP contribution in [-0.2, 0) is 20.7 Å². The first kappa shape index (κ1) is 33.3. The number of piperazine rings is 1. The predicted molar refractivity (Wildman–Crippen MR) is 167 cm³/mol.